The first-order valence-corrected chi connectivity index (χ1v) is 5.60. The van der Waals surface area contributed by atoms with Gasteiger partial charge in [-0.25, -0.2) is 4.79 Å². The third-order valence-corrected chi connectivity index (χ3v) is 2.76. The van der Waals surface area contributed by atoms with Crippen molar-refractivity contribution in [2.24, 2.45) is 0 Å². The predicted octanol–water partition coefficient (Wildman–Crippen LogP) is 2.08. The Morgan fingerprint density at radius 1 is 1.31 bits per heavy atom. The molecule has 4 nitrogen and oxygen atoms in total. The van der Waals surface area contributed by atoms with Gasteiger partial charge in [-0.3, -0.25) is 0 Å². The van der Waals surface area contributed by atoms with Crippen LogP contribution in [0.15, 0.2) is 23.0 Å². The van der Waals surface area contributed by atoms with E-state index in [-0.39, 0.29) is 5.69 Å². The van der Waals surface area contributed by atoms with Crippen molar-refractivity contribution in [2.45, 2.75) is 32.3 Å². The van der Waals surface area contributed by atoms with Crippen molar-refractivity contribution in [1.29, 1.82) is 0 Å². The SMILES string of the molecule is CCCCC(O)c1ccc2[nH]c(=O)[nH]c2c1. The van der Waals surface area contributed by atoms with Crippen LogP contribution in [-0.4, -0.2) is 15.1 Å². The fourth-order valence-electron chi connectivity index (χ4n) is 1.82. The lowest BCUT2D eigenvalue weighted by molar-refractivity contribution is 0.164. The van der Waals surface area contributed by atoms with Gasteiger partial charge in [0.15, 0.2) is 0 Å². The van der Waals surface area contributed by atoms with E-state index in [2.05, 4.69) is 16.9 Å². The first-order chi connectivity index (χ1) is 7.70. The highest BCUT2D eigenvalue weighted by Crippen LogP contribution is 2.21. The zero-order valence-corrected chi connectivity index (χ0v) is 9.29. The summed E-state index contributed by atoms with van der Waals surface area (Å²) in [7, 11) is 0. The molecule has 0 saturated heterocycles. The van der Waals surface area contributed by atoms with E-state index in [1.165, 1.54) is 0 Å². The standard InChI is InChI=1S/C12H16N2O2/c1-2-3-4-11(15)8-5-6-9-10(7-8)14-12(16)13-9/h5-7,11,15H,2-4H2,1H3,(H2,13,14,16). The van der Waals surface area contributed by atoms with Gasteiger partial charge in [-0.15, -0.1) is 0 Å². The van der Waals surface area contributed by atoms with Gasteiger partial charge < -0.3 is 15.1 Å². The molecular formula is C12H16N2O2. The highest BCUT2D eigenvalue weighted by atomic mass is 16.3. The van der Waals surface area contributed by atoms with Crippen molar-refractivity contribution >= 4 is 11.0 Å². The molecule has 0 bridgehead atoms. The minimum atomic E-state index is -0.442. The van der Waals surface area contributed by atoms with Crippen molar-refractivity contribution < 1.29 is 5.11 Å². The average molecular weight is 220 g/mol. The number of aliphatic hydroxyl groups is 1. The second-order valence-electron chi connectivity index (χ2n) is 4.04. The van der Waals surface area contributed by atoms with Crippen molar-refractivity contribution in [1.82, 2.24) is 9.97 Å². The van der Waals surface area contributed by atoms with E-state index in [0.717, 1.165) is 35.9 Å². The number of aliphatic hydroxyl groups excluding tert-OH is 1. The van der Waals surface area contributed by atoms with Crippen LogP contribution in [0.3, 0.4) is 0 Å². The smallest absolute Gasteiger partial charge is 0.323 e. The van der Waals surface area contributed by atoms with Gasteiger partial charge in [0.2, 0.25) is 0 Å². The van der Waals surface area contributed by atoms with Gasteiger partial charge >= 0.3 is 5.69 Å². The van der Waals surface area contributed by atoms with Gasteiger partial charge in [-0.1, -0.05) is 25.8 Å². The van der Waals surface area contributed by atoms with E-state index in [0.29, 0.717) is 0 Å². The molecule has 0 aliphatic heterocycles. The number of imidazole rings is 1. The number of hydrogen-bond donors (Lipinski definition) is 3. The first-order valence-electron chi connectivity index (χ1n) is 5.60. The number of H-pyrrole nitrogens is 2. The quantitative estimate of drug-likeness (QED) is 0.738. The summed E-state index contributed by atoms with van der Waals surface area (Å²) in [5.41, 5.74) is 2.17. The fourth-order valence-corrected chi connectivity index (χ4v) is 1.82. The van der Waals surface area contributed by atoms with E-state index in [1.54, 1.807) is 0 Å². The molecule has 1 aromatic carbocycles. The number of benzene rings is 1. The Bertz CT molecular complexity index is 527. The topological polar surface area (TPSA) is 68.9 Å². The summed E-state index contributed by atoms with van der Waals surface area (Å²) in [6.45, 7) is 2.10. The van der Waals surface area contributed by atoms with E-state index in [9.17, 15) is 9.90 Å². The maximum Gasteiger partial charge on any atom is 0.323 e. The van der Waals surface area contributed by atoms with Crippen LogP contribution in [0.1, 0.15) is 37.9 Å². The highest BCUT2D eigenvalue weighted by molar-refractivity contribution is 5.75. The van der Waals surface area contributed by atoms with Gasteiger partial charge in [0, 0.05) is 0 Å². The number of hydrogen-bond acceptors (Lipinski definition) is 2. The molecule has 3 N–H and O–H groups in total. The zero-order valence-electron chi connectivity index (χ0n) is 9.29. The molecular weight excluding hydrogens is 204 g/mol. The number of nitrogens with one attached hydrogen (secondary N) is 2. The number of fused-ring (bicyclic) bond motifs is 1. The molecule has 0 aliphatic rings. The first kappa shape index (κ1) is 11.0. The highest BCUT2D eigenvalue weighted by Gasteiger charge is 2.08. The molecule has 0 spiro atoms. The van der Waals surface area contributed by atoms with E-state index in [1.807, 2.05) is 18.2 Å². The minimum Gasteiger partial charge on any atom is -0.388 e. The van der Waals surface area contributed by atoms with Crippen LogP contribution in [0.4, 0.5) is 0 Å². The zero-order chi connectivity index (χ0) is 11.5. The molecule has 2 rings (SSSR count). The lowest BCUT2D eigenvalue weighted by atomic mass is 10.0. The van der Waals surface area contributed by atoms with Crippen LogP contribution >= 0.6 is 0 Å². The molecule has 1 aromatic heterocycles. The average Bonchev–Trinajstić information content (AvgIpc) is 2.64. The number of aromatic nitrogens is 2. The maximum atomic E-state index is 11.1. The van der Waals surface area contributed by atoms with E-state index in [4.69, 9.17) is 0 Å². The van der Waals surface area contributed by atoms with Crippen molar-refractivity contribution in [3.8, 4) is 0 Å². The Kier molecular flexibility index (Phi) is 3.10. The van der Waals surface area contributed by atoms with E-state index < -0.39 is 6.10 Å². The fraction of sp³-hybridized carbons (Fsp3) is 0.417. The van der Waals surface area contributed by atoms with Crippen LogP contribution < -0.4 is 5.69 Å². The molecule has 86 valence electrons. The molecule has 4 heteroatoms. The Morgan fingerprint density at radius 3 is 2.81 bits per heavy atom. The number of aromatic amines is 2. The molecule has 16 heavy (non-hydrogen) atoms. The summed E-state index contributed by atoms with van der Waals surface area (Å²) in [6.07, 6.45) is 2.39. The lowest BCUT2D eigenvalue weighted by Crippen LogP contribution is -1.99. The minimum absolute atomic E-state index is 0.213. The molecule has 1 heterocycles. The summed E-state index contributed by atoms with van der Waals surface area (Å²) in [4.78, 5) is 16.4. The monoisotopic (exact) mass is 220 g/mol. The summed E-state index contributed by atoms with van der Waals surface area (Å²) >= 11 is 0. The third kappa shape index (κ3) is 2.17. The predicted molar refractivity (Wildman–Crippen MR) is 63.4 cm³/mol. The van der Waals surface area contributed by atoms with Crippen LogP contribution in [0.2, 0.25) is 0 Å². The van der Waals surface area contributed by atoms with Crippen molar-refractivity contribution in [3.05, 3.63) is 34.2 Å². The van der Waals surface area contributed by atoms with Crippen molar-refractivity contribution in [2.75, 3.05) is 0 Å². The Hall–Kier alpha value is -1.55. The molecule has 1 unspecified atom stereocenters. The molecule has 0 amide bonds. The summed E-state index contributed by atoms with van der Waals surface area (Å²) < 4.78 is 0. The molecule has 0 fully saturated rings. The van der Waals surface area contributed by atoms with Crippen molar-refractivity contribution in [3.63, 3.8) is 0 Å². The summed E-state index contributed by atoms with van der Waals surface area (Å²) in [6, 6.07) is 5.50. The van der Waals surface area contributed by atoms with Crippen LogP contribution in [-0.2, 0) is 0 Å². The molecule has 1 atom stereocenters. The number of unbranched alkanes of at least 4 members (excludes halogenated alkanes) is 1. The van der Waals surface area contributed by atoms with Gasteiger partial charge in [0.05, 0.1) is 17.1 Å². The van der Waals surface area contributed by atoms with Gasteiger partial charge in [0.1, 0.15) is 0 Å². The van der Waals surface area contributed by atoms with Crippen LogP contribution in [0.5, 0.6) is 0 Å². The normalized spacial score (nSPS) is 13.1. The molecule has 0 aliphatic carbocycles. The lowest BCUT2D eigenvalue weighted by Gasteiger charge is -2.09. The molecule has 2 aromatic rings. The maximum absolute atomic E-state index is 11.1. The van der Waals surface area contributed by atoms with Gasteiger partial charge in [-0.05, 0) is 24.1 Å². The van der Waals surface area contributed by atoms with Gasteiger partial charge in [0.25, 0.3) is 0 Å². The Morgan fingerprint density at radius 2 is 2.06 bits per heavy atom. The third-order valence-electron chi connectivity index (χ3n) is 2.76. The Balaban J connectivity index is 2.27. The largest absolute Gasteiger partial charge is 0.388 e. The molecule has 0 radical (unpaired) electrons. The summed E-state index contributed by atoms with van der Waals surface area (Å²) in [5, 5.41) is 9.92. The summed E-state index contributed by atoms with van der Waals surface area (Å²) in [5.74, 6) is 0. The second-order valence-corrected chi connectivity index (χ2v) is 4.04. The second kappa shape index (κ2) is 4.53. The van der Waals surface area contributed by atoms with E-state index >= 15 is 0 Å². The van der Waals surface area contributed by atoms with Crippen LogP contribution in [0, 0.1) is 0 Å². The molecule has 0 saturated carbocycles. The van der Waals surface area contributed by atoms with Crippen LogP contribution in [0.25, 0.3) is 11.0 Å². The van der Waals surface area contributed by atoms with Gasteiger partial charge in [-0.2, -0.15) is 0 Å². The Labute approximate surface area is 93.3 Å². The number of rotatable bonds is 4.